The van der Waals surface area contributed by atoms with Crippen LogP contribution in [0.5, 0.6) is 5.75 Å². The summed E-state index contributed by atoms with van der Waals surface area (Å²) in [6.07, 6.45) is 4.78. The number of nitrogens with one attached hydrogen (secondary N) is 1. The van der Waals surface area contributed by atoms with E-state index < -0.39 is 11.2 Å². The minimum atomic E-state index is -0.885. The van der Waals surface area contributed by atoms with Crippen LogP contribution in [0.25, 0.3) is 0 Å². The maximum atomic E-state index is 13.6. The molecule has 2 saturated carbocycles. The standard InChI is InChI=1S/C17H16BrFN2O2/c18-11-5-10-13(7-23-14(10)6-12(11)19)21-15(22)17(9-20)8-16(17)3-1-2-4-16/h5-6,13H,1-4,7-8H2,(H,21,22)/t13-,17+/m0/s1. The van der Waals surface area contributed by atoms with Gasteiger partial charge in [-0.25, -0.2) is 4.39 Å². The number of rotatable bonds is 2. The third kappa shape index (κ3) is 2.02. The van der Waals surface area contributed by atoms with Crippen LogP contribution in [0.1, 0.15) is 43.7 Å². The van der Waals surface area contributed by atoms with E-state index in [0.29, 0.717) is 16.6 Å². The average Bonchev–Trinajstić information content (AvgIpc) is 2.80. The molecule has 1 aliphatic heterocycles. The number of fused-ring (bicyclic) bond motifs is 1. The van der Waals surface area contributed by atoms with Gasteiger partial charge in [0.15, 0.2) is 0 Å². The molecule has 1 amide bonds. The van der Waals surface area contributed by atoms with Crippen LogP contribution in [0.2, 0.25) is 0 Å². The van der Waals surface area contributed by atoms with Crippen LogP contribution < -0.4 is 10.1 Å². The van der Waals surface area contributed by atoms with Crippen LogP contribution in [-0.2, 0) is 4.79 Å². The Labute approximate surface area is 142 Å². The van der Waals surface area contributed by atoms with Gasteiger partial charge in [0.05, 0.1) is 16.6 Å². The summed E-state index contributed by atoms with van der Waals surface area (Å²) < 4.78 is 19.4. The van der Waals surface area contributed by atoms with Gasteiger partial charge in [0.1, 0.15) is 23.6 Å². The number of halogens is 2. The average molecular weight is 379 g/mol. The molecule has 2 atom stereocenters. The summed E-state index contributed by atoms with van der Waals surface area (Å²) in [6, 6.07) is 4.91. The Morgan fingerprint density at radius 2 is 2.17 bits per heavy atom. The molecular formula is C17H16BrFN2O2. The van der Waals surface area contributed by atoms with Crippen molar-refractivity contribution in [3.05, 3.63) is 28.0 Å². The molecule has 0 radical (unpaired) electrons. The molecule has 23 heavy (non-hydrogen) atoms. The zero-order valence-electron chi connectivity index (χ0n) is 12.5. The van der Waals surface area contributed by atoms with Gasteiger partial charge >= 0.3 is 0 Å². The molecule has 0 unspecified atom stereocenters. The SMILES string of the molecule is N#C[C@@]1(C(=O)N[C@H]2COc3cc(F)c(Br)cc32)CC12CCCC2. The first-order chi connectivity index (χ1) is 11.0. The lowest BCUT2D eigenvalue weighted by Gasteiger charge is -2.18. The van der Waals surface area contributed by atoms with Crippen LogP contribution in [0.4, 0.5) is 4.39 Å². The summed E-state index contributed by atoms with van der Waals surface area (Å²) in [5.41, 5.74) is -0.248. The Morgan fingerprint density at radius 3 is 2.87 bits per heavy atom. The molecule has 1 spiro atoms. The van der Waals surface area contributed by atoms with Gasteiger partial charge in [-0.1, -0.05) is 12.8 Å². The predicted octanol–water partition coefficient (Wildman–Crippen LogP) is 3.61. The van der Waals surface area contributed by atoms with E-state index in [1.165, 1.54) is 6.07 Å². The maximum Gasteiger partial charge on any atom is 0.241 e. The molecule has 0 bridgehead atoms. The van der Waals surface area contributed by atoms with Gasteiger partial charge in [0.2, 0.25) is 5.91 Å². The van der Waals surface area contributed by atoms with E-state index in [-0.39, 0.29) is 24.0 Å². The van der Waals surface area contributed by atoms with E-state index in [1.54, 1.807) is 6.07 Å². The molecule has 1 heterocycles. The zero-order valence-corrected chi connectivity index (χ0v) is 14.1. The number of carbonyl (C=O) groups excluding carboxylic acids is 1. The fraction of sp³-hybridized carbons (Fsp3) is 0.529. The Kier molecular flexibility index (Phi) is 3.21. The molecule has 1 aromatic carbocycles. The van der Waals surface area contributed by atoms with Crippen LogP contribution in [-0.4, -0.2) is 12.5 Å². The van der Waals surface area contributed by atoms with Gasteiger partial charge < -0.3 is 10.1 Å². The van der Waals surface area contributed by atoms with Crippen molar-refractivity contribution in [3.63, 3.8) is 0 Å². The van der Waals surface area contributed by atoms with Crippen molar-refractivity contribution >= 4 is 21.8 Å². The molecule has 120 valence electrons. The van der Waals surface area contributed by atoms with Crippen LogP contribution in [0, 0.1) is 28.0 Å². The highest BCUT2D eigenvalue weighted by molar-refractivity contribution is 9.10. The first kappa shape index (κ1) is 14.9. The highest BCUT2D eigenvalue weighted by Gasteiger charge is 2.73. The largest absolute Gasteiger partial charge is 0.491 e. The van der Waals surface area contributed by atoms with Crippen LogP contribution in [0.3, 0.4) is 0 Å². The number of carbonyl (C=O) groups is 1. The molecule has 0 saturated heterocycles. The normalized spacial score (nSPS) is 29.7. The molecule has 3 aliphatic rings. The number of nitriles is 1. The minimum Gasteiger partial charge on any atom is -0.491 e. The summed E-state index contributed by atoms with van der Waals surface area (Å²) in [5.74, 6) is -0.145. The number of hydrogen-bond acceptors (Lipinski definition) is 3. The Morgan fingerprint density at radius 1 is 1.43 bits per heavy atom. The molecule has 1 N–H and O–H groups in total. The van der Waals surface area contributed by atoms with E-state index in [4.69, 9.17) is 4.74 Å². The Bertz CT molecular complexity index is 739. The topological polar surface area (TPSA) is 62.1 Å². The van der Waals surface area contributed by atoms with Gasteiger partial charge in [-0.05, 0) is 41.3 Å². The van der Waals surface area contributed by atoms with Crippen LogP contribution >= 0.6 is 15.9 Å². The summed E-state index contributed by atoms with van der Waals surface area (Å²) in [4.78, 5) is 12.8. The second kappa shape index (κ2) is 4.94. The Balaban J connectivity index is 1.56. The lowest BCUT2D eigenvalue weighted by atomic mass is 9.91. The van der Waals surface area contributed by atoms with Crippen molar-refractivity contribution in [2.45, 2.75) is 38.1 Å². The fourth-order valence-corrected chi connectivity index (χ4v) is 4.61. The van der Waals surface area contributed by atoms with Gasteiger partial charge in [-0.2, -0.15) is 5.26 Å². The van der Waals surface area contributed by atoms with E-state index in [2.05, 4.69) is 27.3 Å². The zero-order chi connectivity index (χ0) is 16.2. The molecule has 0 aromatic heterocycles. The Hall–Kier alpha value is -1.61. The number of benzene rings is 1. The molecule has 2 aliphatic carbocycles. The number of ether oxygens (including phenoxy) is 1. The van der Waals surface area contributed by atoms with E-state index in [1.807, 2.05) is 0 Å². The molecule has 4 nitrogen and oxygen atoms in total. The van der Waals surface area contributed by atoms with Crippen molar-refractivity contribution in [2.24, 2.45) is 10.8 Å². The molecule has 6 heteroatoms. The smallest absolute Gasteiger partial charge is 0.241 e. The van der Waals surface area contributed by atoms with Crippen molar-refractivity contribution in [1.82, 2.24) is 5.32 Å². The molecular weight excluding hydrogens is 363 g/mol. The first-order valence-corrected chi connectivity index (χ1v) is 8.65. The lowest BCUT2D eigenvalue weighted by molar-refractivity contribution is -0.126. The van der Waals surface area contributed by atoms with E-state index in [0.717, 1.165) is 31.2 Å². The monoisotopic (exact) mass is 378 g/mol. The molecule has 2 fully saturated rings. The van der Waals surface area contributed by atoms with Gasteiger partial charge in [0.25, 0.3) is 0 Å². The van der Waals surface area contributed by atoms with Crippen molar-refractivity contribution < 1.29 is 13.9 Å². The number of hydrogen-bond donors (Lipinski definition) is 1. The van der Waals surface area contributed by atoms with Gasteiger partial charge in [-0.15, -0.1) is 0 Å². The van der Waals surface area contributed by atoms with Gasteiger partial charge in [0, 0.05) is 17.0 Å². The van der Waals surface area contributed by atoms with Crippen molar-refractivity contribution in [2.75, 3.05) is 6.61 Å². The summed E-state index contributed by atoms with van der Waals surface area (Å²) >= 11 is 3.16. The molecule has 4 rings (SSSR count). The third-order valence-electron chi connectivity index (χ3n) is 5.66. The fourth-order valence-electron chi connectivity index (χ4n) is 4.25. The highest BCUT2D eigenvalue weighted by atomic mass is 79.9. The summed E-state index contributed by atoms with van der Waals surface area (Å²) in [6.45, 7) is 0.269. The second-order valence-corrected chi connectivity index (χ2v) is 7.68. The first-order valence-electron chi connectivity index (χ1n) is 7.85. The van der Waals surface area contributed by atoms with E-state index in [9.17, 15) is 14.4 Å². The number of nitrogens with zero attached hydrogens (tertiary/aromatic N) is 1. The lowest BCUT2D eigenvalue weighted by Crippen LogP contribution is -2.37. The highest BCUT2D eigenvalue weighted by Crippen LogP contribution is 2.71. The quantitative estimate of drug-likeness (QED) is 0.854. The van der Waals surface area contributed by atoms with Gasteiger partial charge in [-0.3, -0.25) is 4.79 Å². The summed E-state index contributed by atoms with van der Waals surface area (Å²) in [5, 5.41) is 12.6. The van der Waals surface area contributed by atoms with Crippen molar-refractivity contribution in [1.29, 1.82) is 5.26 Å². The maximum absolute atomic E-state index is 13.6. The van der Waals surface area contributed by atoms with Crippen LogP contribution in [0.15, 0.2) is 16.6 Å². The number of amides is 1. The third-order valence-corrected chi connectivity index (χ3v) is 6.27. The minimum absolute atomic E-state index is 0.114. The summed E-state index contributed by atoms with van der Waals surface area (Å²) in [7, 11) is 0. The van der Waals surface area contributed by atoms with E-state index >= 15 is 0 Å². The molecule has 1 aromatic rings. The predicted molar refractivity (Wildman–Crippen MR) is 84.0 cm³/mol. The van der Waals surface area contributed by atoms with Crippen molar-refractivity contribution in [3.8, 4) is 11.8 Å². The second-order valence-electron chi connectivity index (χ2n) is 6.82.